The fourth-order valence-corrected chi connectivity index (χ4v) is 2.38. The molecule has 0 aliphatic rings. The van der Waals surface area contributed by atoms with Crippen molar-refractivity contribution in [1.29, 1.82) is 0 Å². The Morgan fingerprint density at radius 3 is 2.52 bits per heavy atom. The van der Waals surface area contributed by atoms with E-state index in [1.54, 1.807) is 18.0 Å². The minimum absolute atomic E-state index is 0.0234. The number of amides is 1. The Hall–Kier alpha value is -2.07. The van der Waals surface area contributed by atoms with Gasteiger partial charge >= 0.3 is 0 Å². The van der Waals surface area contributed by atoms with Gasteiger partial charge in [-0.05, 0) is 24.1 Å². The Morgan fingerprint density at radius 1 is 1.24 bits per heavy atom. The second-order valence-corrected chi connectivity index (χ2v) is 4.97. The second kappa shape index (κ2) is 7.09. The number of benzene rings is 1. The first-order valence-electron chi connectivity index (χ1n) is 7.19. The number of hydrogen-bond donors (Lipinski definition) is 1. The summed E-state index contributed by atoms with van der Waals surface area (Å²) in [5.41, 5.74) is 1.00. The number of aliphatic hydroxyl groups excluding tert-OH is 1. The van der Waals surface area contributed by atoms with E-state index in [4.69, 9.17) is 4.42 Å². The van der Waals surface area contributed by atoms with Crippen molar-refractivity contribution in [3.05, 3.63) is 59.5 Å². The van der Waals surface area contributed by atoms with Crippen molar-refractivity contribution in [3.63, 3.8) is 0 Å². The topological polar surface area (TPSA) is 53.7 Å². The fraction of sp³-hybridized carbons (Fsp3) is 0.353. The van der Waals surface area contributed by atoms with Crippen LogP contribution in [0.4, 0.5) is 0 Å². The zero-order chi connectivity index (χ0) is 15.2. The molecule has 0 saturated carbocycles. The second-order valence-electron chi connectivity index (χ2n) is 4.97. The van der Waals surface area contributed by atoms with E-state index in [0.29, 0.717) is 12.2 Å². The molecule has 1 unspecified atom stereocenters. The maximum atomic E-state index is 12.5. The highest BCUT2D eigenvalue weighted by Gasteiger charge is 2.24. The number of carbonyl (C=O) groups excluding carboxylic acids is 1. The van der Waals surface area contributed by atoms with Crippen molar-refractivity contribution in [2.24, 2.45) is 0 Å². The van der Waals surface area contributed by atoms with Crippen LogP contribution in [0.3, 0.4) is 0 Å². The van der Waals surface area contributed by atoms with Crippen LogP contribution in [-0.4, -0.2) is 29.6 Å². The van der Waals surface area contributed by atoms with Crippen LogP contribution in [0.25, 0.3) is 0 Å². The summed E-state index contributed by atoms with van der Waals surface area (Å²) in [4.78, 5) is 14.1. The summed E-state index contributed by atoms with van der Waals surface area (Å²) in [6, 6.07) is 13.1. The van der Waals surface area contributed by atoms with Crippen LogP contribution in [0.2, 0.25) is 0 Å². The smallest absolute Gasteiger partial charge is 0.289 e. The van der Waals surface area contributed by atoms with E-state index < -0.39 is 0 Å². The molecule has 2 aromatic rings. The minimum atomic E-state index is -0.169. The first kappa shape index (κ1) is 15.3. The summed E-state index contributed by atoms with van der Waals surface area (Å²) >= 11 is 0. The average Bonchev–Trinajstić information content (AvgIpc) is 3.01. The van der Waals surface area contributed by atoms with Gasteiger partial charge in [0.15, 0.2) is 5.76 Å². The van der Waals surface area contributed by atoms with Crippen LogP contribution >= 0.6 is 0 Å². The third-order valence-electron chi connectivity index (χ3n) is 3.60. The molecule has 0 spiro atoms. The third-order valence-corrected chi connectivity index (χ3v) is 3.60. The Labute approximate surface area is 125 Å². The molecule has 4 nitrogen and oxygen atoms in total. The van der Waals surface area contributed by atoms with E-state index in [0.717, 1.165) is 17.7 Å². The van der Waals surface area contributed by atoms with Crippen LogP contribution < -0.4 is 0 Å². The molecule has 0 fully saturated rings. The normalized spacial score (nSPS) is 12.1. The van der Waals surface area contributed by atoms with Crippen molar-refractivity contribution in [2.45, 2.75) is 25.8 Å². The van der Waals surface area contributed by atoms with E-state index in [2.05, 4.69) is 0 Å². The molecule has 1 atom stereocenters. The summed E-state index contributed by atoms with van der Waals surface area (Å²) in [5.74, 6) is 0.968. The molecule has 2 rings (SSSR count). The van der Waals surface area contributed by atoms with Gasteiger partial charge in [-0.15, -0.1) is 0 Å². The molecule has 112 valence electrons. The number of nitrogens with zero attached hydrogens (tertiary/aromatic N) is 1. The molecule has 4 heteroatoms. The lowest BCUT2D eigenvalue weighted by molar-refractivity contribution is 0.0671. The van der Waals surface area contributed by atoms with Crippen LogP contribution in [0.1, 0.15) is 41.3 Å². The predicted molar refractivity (Wildman–Crippen MR) is 81.1 cm³/mol. The molecule has 0 aliphatic carbocycles. The molecule has 0 aliphatic heterocycles. The molecule has 0 radical (unpaired) electrons. The Bertz CT molecular complexity index is 577. The number of carbonyl (C=O) groups is 1. The van der Waals surface area contributed by atoms with Crippen molar-refractivity contribution in [3.8, 4) is 0 Å². The predicted octanol–water partition coefficient (Wildman–Crippen LogP) is 3.04. The van der Waals surface area contributed by atoms with Crippen LogP contribution in [0.5, 0.6) is 0 Å². The van der Waals surface area contributed by atoms with E-state index in [-0.39, 0.29) is 18.6 Å². The number of rotatable bonds is 6. The molecular formula is C17H21NO3. The highest BCUT2D eigenvalue weighted by Crippen LogP contribution is 2.25. The molecule has 1 amide bonds. The molecule has 1 aromatic carbocycles. The van der Waals surface area contributed by atoms with Gasteiger partial charge in [-0.2, -0.15) is 0 Å². The van der Waals surface area contributed by atoms with E-state index in [1.165, 1.54) is 0 Å². The van der Waals surface area contributed by atoms with Crippen LogP contribution in [0, 0.1) is 0 Å². The van der Waals surface area contributed by atoms with E-state index in [1.807, 2.05) is 43.3 Å². The molecule has 0 saturated heterocycles. The van der Waals surface area contributed by atoms with Gasteiger partial charge in [0.2, 0.25) is 0 Å². The lowest BCUT2D eigenvalue weighted by atomic mass is 10.0. The molecule has 1 aromatic heterocycles. The monoisotopic (exact) mass is 287 g/mol. The maximum absolute atomic E-state index is 12.5. The van der Waals surface area contributed by atoms with Crippen LogP contribution in [-0.2, 0) is 6.42 Å². The molecule has 1 N–H and O–H groups in total. The van der Waals surface area contributed by atoms with E-state index >= 15 is 0 Å². The number of hydrogen-bond acceptors (Lipinski definition) is 3. The lowest BCUT2D eigenvalue weighted by Gasteiger charge is -2.27. The first-order chi connectivity index (χ1) is 10.2. The van der Waals surface area contributed by atoms with Crippen LogP contribution in [0.15, 0.2) is 46.9 Å². The largest absolute Gasteiger partial charge is 0.456 e. The molecule has 1 heterocycles. The zero-order valence-electron chi connectivity index (χ0n) is 12.5. The number of aliphatic hydroxyl groups is 1. The highest BCUT2D eigenvalue weighted by molar-refractivity contribution is 5.91. The molecule has 21 heavy (non-hydrogen) atoms. The summed E-state index contributed by atoms with van der Waals surface area (Å²) in [6.07, 6.45) is 1.25. The van der Waals surface area contributed by atoms with E-state index in [9.17, 15) is 9.90 Å². The van der Waals surface area contributed by atoms with Crippen molar-refractivity contribution < 1.29 is 14.3 Å². The summed E-state index contributed by atoms with van der Waals surface area (Å²) < 4.78 is 5.53. The maximum Gasteiger partial charge on any atom is 0.289 e. The van der Waals surface area contributed by atoms with Gasteiger partial charge in [-0.1, -0.05) is 37.3 Å². The van der Waals surface area contributed by atoms with Gasteiger partial charge in [0.1, 0.15) is 5.76 Å². The first-order valence-corrected chi connectivity index (χ1v) is 7.19. The third kappa shape index (κ3) is 3.52. The zero-order valence-corrected chi connectivity index (χ0v) is 12.5. The lowest BCUT2D eigenvalue weighted by Crippen LogP contribution is -2.31. The van der Waals surface area contributed by atoms with Gasteiger partial charge in [-0.25, -0.2) is 0 Å². The quantitative estimate of drug-likeness (QED) is 0.888. The summed E-state index contributed by atoms with van der Waals surface area (Å²) in [5, 5.41) is 9.28. The fourth-order valence-electron chi connectivity index (χ4n) is 2.38. The van der Waals surface area contributed by atoms with Gasteiger partial charge < -0.3 is 14.4 Å². The van der Waals surface area contributed by atoms with Gasteiger partial charge in [0.05, 0.1) is 6.04 Å². The minimum Gasteiger partial charge on any atom is -0.456 e. The number of aryl methyl sites for hydroxylation is 1. The summed E-state index contributed by atoms with van der Waals surface area (Å²) in [7, 11) is 1.74. The SMILES string of the molecule is CCc1ccc(C(=O)N(C)C(CCO)c2ccccc2)o1. The Morgan fingerprint density at radius 2 is 1.95 bits per heavy atom. The van der Waals surface area contributed by atoms with Crippen molar-refractivity contribution >= 4 is 5.91 Å². The highest BCUT2D eigenvalue weighted by atomic mass is 16.4. The molecular weight excluding hydrogens is 266 g/mol. The van der Waals surface area contributed by atoms with Gasteiger partial charge in [0, 0.05) is 20.1 Å². The van der Waals surface area contributed by atoms with Gasteiger partial charge in [-0.3, -0.25) is 4.79 Å². The standard InChI is InChI=1S/C17H21NO3/c1-3-14-9-10-16(21-14)17(20)18(2)15(11-12-19)13-7-5-4-6-8-13/h4-10,15,19H,3,11-12H2,1-2H3. The Kier molecular flexibility index (Phi) is 5.17. The van der Waals surface area contributed by atoms with Gasteiger partial charge in [0.25, 0.3) is 5.91 Å². The summed E-state index contributed by atoms with van der Waals surface area (Å²) in [6.45, 7) is 2.00. The van der Waals surface area contributed by atoms with Crippen molar-refractivity contribution in [2.75, 3.05) is 13.7 Å². The number of furan rings is 1. The Balaban J connectivity index is 2.21. The average molecular weight is 287 g/mol. The van der Waals surface area contributed by atoms with Crippen molar-refractivity contribution in [1.82, 2.24) is 4.90 Å². The molecule has 0 bridgehead atoms.